The van der Waals surface area contributed by atoms with Gasteiger partial charge in [-0.1, -0.05) is 18.9 Å². The summed E-state index contributed by atoms with van der Waals surface area (Å²) in [5.74, 6) is 0. The molecule has 110 valence electrons. The number of hydrogen-bond acceptors (Lipinski definition) is 4. The number of rotatable bonds is 4. The van der Waals surface area contributed by atoms with Crippen LogP contribution in [0.5, 0.6) is 0 Å². The molecule has 0 bridgehead atoms. The molecular formula is C15H23N3O2. The summed E-state index contributed by atoms with van der Waals surface area (Å²) in [5.41, 5.74) is 1.75. The van der Waals surface area contributed by atoms with Crippen LogP contribution in [-0.2, 0) is 6.54 Å². The molecule has 1 fully saturated rings. The topological polar surface area (TPSA) is 58.4 Å². The van der Waals surface area contributed by atoms with Crippen molar-refractivity contribution in [3.05, 3.63) is 33.9 Å². The van der Waals surface area contributed by atoms with Crippen LogP contribution in [0.1, 0.15) is 38.2 Å². The van der Waals surface area contributed by atoms with E-state index in [9.17, 15) is 10.1 Å². The lowest BCUT2D eigenvalue weighted by molar-refractivity contribution is -0.384. The Morgan fingerprint density at radius 3 is 2.90 bits per heavy atom. The molecule has 1 aliphatic heterocycles. The van der Waals surface area contributed by atoms with Crippen molar-refractivity contribution in [3.63, 3.8) is 0 Å². The average Bonchev–Trinajstić information content (AvgIpc) is 2.64. The van der Waals surface area contributed by atoms with Gasteiger partial charge < -0.3 is 5.32 Å². The number of nitrogens with zero attached hydrogens (tertiary/aromatic N) is 2. The van der Waals surface area contributed by atoms with Crippen molar-refractivity contribution in [3.8, 4) is 0 Å². The largest absolute Gasteiger partial charge is 0.383 e. The van der Waals surface area contributed by atoms with Gasteiger partial charge in [-0.2, -0.15) is 0 Å². The summed E-state index contributed by atoms with van der Waals surface area (Å²) in [6.07, 6.45) is 5.02. The zero-order valence-corrected chi connectivity index (χ0v) is 12.3. The minimum absolute atomic E-state index is 0.160. The molecule has 1 aromatic carbocycles. The summed E-state index contributed by atoms with van der Waals surface area (Å²) in [5, 5.41) is 14.0. The third-order valence-corrected chi connectivity index (χ3v) is 4.10. The first-order chi connectivity index (χ1) is 9.61. The van der Waals surface area contributed by atoms with Gasteiger partial charge in [0, 0.05) is 25.7 Å². The molecular weight excluding hydrogens is 254 g/mol. The van der Waals surface area contributed by atoms with E-state index < -0.39 is 0 Å². The summed E-state index contributed by atoms with van der Waals surface area (Å²) in [6.45, 7) is 4.14. The van der Waals surface area contributed by atoms with Gasteiger partial charge >= 0.3 is 0 Å². The molecule has 1 atom stereocenters. The third-order valence-electron chi connectivity index (χ3n) is 4.10. The molecule has 1 unspecified atom stereocenters. The SMILES string of the molecule is CNc1ccc(CN2CCCCCC2C)cc1[N+](=O)[O-]. The van der Waals surface area contributed by atoms with Gasteiger partial charge in [0.05, 0.1) is 4.92 Å². The molecule has 0 spiro atoms. The van der Waals surface area contributed by atoms with Crippen molar-refractivity contribution < 1.29 is 4.92 Å². The van der Waals surface area contributed by atoms with Crippen LogP contribution in [0.3, 0.4) is 0 Å². The van der Waals surface area contributed by atoms with Gasteiger partial charge in [-0.05, 0) is 37.9 Å². The smallest absolute Gasteiger partial charge is 0.292 e. The minimum Gasteiger partial charge on any atom is -0.383 e. The maximum Gasteiger partial charge on any atom is 0.292 e. The molecule has 1 aliphatic rings. The molecule has 1 heterocycles. The quantitative estimate of drug-likeness (QED) is 0.677. The molecule has 1 N–H and O–H groups in total. The van der Waals surface area contributed by atoms with Gasteiger partial charge in [-0.3, -0.25) is 15.0 Å². The van der Waals surface area contributed by atoms with Gasteiger partial charge in [0.1, 0.15) is 5.69 Å². The van der Waals surface area contributed by atoms with Gasteiger partial charge in [-0.15, -0.1) is 0 Å². The third kappa shape index (κ3) is 3.48. The molecule has 2 rings (SSSR count). The lowest BCUT2D eigenvalue weighted by Crippen LogP contribution is -2.31. The van der Waals surface area contributed by atoms with E-state index in [1.807, 2.05) is 6.07 Å². The summed E-state index contributed by atoms with van der Waals surface area (Å²) < 4.78 is 0. The summed E-state index contributed by atoms with van der Waals surface area (Å²) in [4.78, 5) is 13.2. The zero-order chi connectivity index (χ0) is 14.5. The second kappa shape index (κ2) is 6.70. The lowest BCUT2D eigenvalue weighted by atomic mass is 10.1. The minimum atomic E-state index is -0.318. The van der Waals surface area contributed by atoms with Crippen LogP contribution in [0, 0.1) is 10.1 Å². The fourth-order valence-electron chi connectivity index (χ4n) is 2.84. The number of nitrogens with one attached hydrogen (secondary N) is 1. The predicted octanol–water partition coefficient (Wildman–Crippen LogP) is 3.40. The highest BCUT2D eigenvalue weighted by Crippen LogP contribution is 2.27. The summed E-state index contributed by atoms with van der Waals surface area (Å²) in [6, 6.07) is 6.04. The van der Waals surface area contributed by atoms with Crippen molar-refractivity contribution in [1.82, 2.24) is 4.90 Å². The Labute approximate surface area is 120 Å². The monoisotopic (exact) mass is 277 g/mol. The van der Waals surface area contributed by atoms with E-state index in [4.69, 9.17) is 0 Å². The molecule has 20 heavy (non-hydrogen) atoms. The molecule has 5 heteroatoms. The van der Waals surface area contributed by atoms with Gasteiger partial charge in [0.2, 0.25) is 0 Å². The van der Waals surface area contributed by atoms with E-state index in [2.05, 4.69) is 17.1 Å². The van der Waals surface area contributed by atoms with E-state index in [0.29, 0.717) is 11.7 Å². The van der Waals surface area contributed by atoms with Crippen LogP contribution in [0.4, 0.5) is 11.4 Å². The molecule has 5 nitrogen and oxygen atoms in total. The van der Waals surface area contributed by atoms with Crippen LogP contribution in [-0.4, -0.2) is 29.5 Å². The van der Waals surface area contributed by atoms with E-state index in [1.165, 1.54) is 25.7 Å². The van der Waals surface area contributed by atoms with E-state index in [1.54, 1.807) is 19.2 Å². The van der Waals surface area contributed by atoms with Crippen LogP contribution in [0.2, 0.25) is 0 Å². The van der Waals surface area contributed by atoms with E-state index in [-0.39, 0.29) is 10.6 Å². The molecule has 1 saturated heterocycles. The maximum absolute atomic E-state index is 11.1. The van der Waals surface area contributed by atoms with Crippen molar-refractivity contribution in [1.29, 1.82) is 0 Å². The highest BCUT2D eigenvalue weighted by Gasteiger charge is 2.19. The number of benzene rings is 1. The van der Waals surface area contributed by atoms with E-state index in [0.717, 1.165) is 18.7 Å². The normalized spacial score (nSPS) is 20.4. The molecule has 0 radical (unpaired) electrons. The van der Waals surface area contributed by atoms with Crippen molar-refractivity contribution in [2.45, 2.75) is 45.2 Å². The lowest BCUT2D eigenvalue weighted by Gasteiger charge is -2.26. The Balaban J connectivity index is 2.16. The fraction of sp³-hybridized carbons (Fsp3) is 0.600. The van der Waals surface area contributed by atoms with Crippen LogP contribution >= 0.6 is 0 Å². The fourth-order valence-corrected chi connectivity index (χ4v) is 2.84. The van der Waals surface area contributed by atoms with Crippen LogP contribution < -0.4 is 5.32 Å². The first-order valence-electron chi connectivity index (χ1n) is 7.31. The summed E-state index contributed by atoms with van der Waals surface area (Å²) >= 11 is 0. The predicted molar refractivity (Wildman–Crippen MR) is 81.0 cm³/mol. The van der Waals surface area contributed by atoms with Crippen LogP contribution in [0.15, 0.2) is 18.2 Å². The molecule has 0 saturated carbocycles. The highest BCUT2D eigenvalue weighted by molar-refractivity contribution is 5.62. The Bertz CT molecular complexity index is 476. The van der Waals surface area contributed by atoms with Gasteiger partial charge in [0.15, 0.2) is 0 Å². The van der Waals surface area contributed by atoms with Crippen molar-refractivity contribution in [2.75, 3.05) is 18.9 Å². The Morgan fingerprint density at radius 1 is 1.40 bits per heavy atom. The summed E-state index contributed by atoms with van der Waals surface area (Å²) in [7, 11) is 1.71. The van der Waals surface area contributed by atoms with Gasteiger partial charge in [0.25, 0.3) is 5.69 Å². The Kier molecular flexibility index (Phi) is 4.95. The van der Waals surface area contributed by atoms with E-state index >= 15 is 0 Å². The number of hydrogen-bond donors (Lipinski definition) is 1. The Hall–Kier alpha value is -1.62. The number of nitro groups is 1. The molecule has 1 aromatic rings. The molecule has 0 amide bonds. The standard InChI is InChI=1S/C15H23N3O2/c1-12-6-4-3-5-9-17(12)11-13-7-8-14(16-2)15(10-13)18(19)20/h7-8,10,12,16H,3-6,9,11H2,1-2H3. The second-order valence-electron chi connectivity index (χ2n) is 5.53. The number of nitro benzene ring substituents is 1. The highest BCUT2D eigenvalue weighted by atomic mass is 16.6. The zero-order valence-electron chi connectivity index (χ0n) is 12.3. The van der Waals surface area contributed by atoms with Crippen molar-refractivity contribution in [2.24, 2.45) is 0 Å². The first kappa shape index (κ1) is 14.8. The molecule has 0 aromatic heterocycles. The van der Waals surface area contributed by atoms with Crippen molar-refractivity contribution >= 4 is 11.4 Å². The second-order valence-corrected chi connectivity index (χ2v) is 5.53. The van der Waals surface area contributed by atoms with Gasteiger partial charge in [-0.25, -0.2) is 0 Å². The first-order valence-corrected chi connectivity index (χ1v) is 7.31. The van der Waals surface area contributed by atoms with Crippen LogP contribution in [0.25, 0.3) is 0 Å². The molecule has 0 aliphatic carbocycles. The Morgan fingerprint density at radius 2 is 2.20 bits per heavy atom. The number of likely N-dealkylation sites (tertiary alicyclic amines) is 1. The average molecular weight is 277 g/mol. The number of anilines is 1. The maximum atomic E-state index is 11.1.